The van der Waals surface area contributed by atoms with E-state index in [0.29, 0.717) is 43.6 Å². The molecule has 1 saturated carbocycles. The lowest BCUT2D eigenvalue weighted by molar-refractivity contribution is 0.198. The lowest BCUT2D eigenvalue weighted by atomic mass is 9.74. The first kappa shape index (κ1) is 20.3. The number of benzene rings is 1. The van der Waals surface area contributed by atoms with E-state index in [9.17, 15) is 12.8 Å². The molecule has 162 valence electrons. The standard InChI is InChI=1S/C22H23FN4O3S/c23-18-3-5-19(6-4-18)31(28,29)27-13-9-22(10-14-27,15-16-1-2-16)21-25-20(30-26-21)17-7-11-24-12-8-17/h3-8,11-12,16H,1-2,9-10,13-15H2. The highest BCUT2D eigenvalue weighted by molar-refractivity contribution is 7.89. The maximum Gasteiger partial charge on any atom is 0.258 e. The normalized spacial score (nSPS) is 19.4. The van der Waals surface area contributed by atoms with Crippen LogP contribution in [-0.4, -0.2) is 40.9 Å². The van der Waals surface area contributed by atoms with Gasteiger partial charge in [-0.3, -0.25) is 4.98 Å². The van der Waals surface area contributed by atoms with Gasteiger partial charge in [0.25, 0.3) is 5.89 Å². The number of hydrogen-bond donors (Lipinski definition) is 0. The van der Waals surface area contributed by atoms with E-state index in [1.165, 1.54) is 41.4 Å². The zero-order valence-corrected chi connectivity index (χ0v) is 17.8. The number of pyridine rings is 1. The number of rotatable bonds is 6. The first-order valence-corrected chi connectivity index (χ1v) is 11.9. The van der Waals surface area contributed by atoms with Crippen molar-refractivity contribution in [2.75, 3.05) is 13.1 Å². The number of sulfonamides is 1. The predicted molar refractivity (Wildman–Crippen MR) is 111 cm³/mol. The van der Waals surface area contributed by atoms with Crippen LogP contribution in [0.1, 0.15) is 37.9 Å². The molecule has 5 rings (SSSR count). The molecule has 1 aliphatic heterocycles. The predicted octanol–water partition coefficient (Wildman–Crippen LogP) is 3.79. The van der Waals surface area contributed by atoms with E-state index in [2.05, 4.69) is 10.1 Å². The molecule has 0 amide bonds. The van der Waals surface area contributed by atoms with Gasteiger partial charge in [-0.25, -0.2) is 12.8 Å². The molecule has 7 nitrogen and oxygen atoms in total. The second-order valence-corrected chi connectivity index (χ2v) is 10.4. The third-order valence-corrected chi connectivity index (χ3v) is 8.25. The monoisotopic (exact) mass is 442 g/mol. The Bertz CT molecular complexity index is 1150. The summed E-state index contributed by atoms with van der Waals surface area (Å²) in [4.78, 5) is 8.83. The third kappa shape index (κ3) is 3.99. The fourth-order valence-electron chi connectivity index (χ4n) is 4.35. The molecule has 9 heteroatoms. The fraction of sp³-hybridized carbons (Fsp3) is 0.409. The molecule has 0 radical (unpaired) electrons. The summed E-state index contributed by atoms with van der Waals surface area (Å²) in [5.74, 6) is 1.28. The molecule has 1 aliphatic carbocycles. The Kier molecular flexibility index (Phi) is 5.10. The van der Waals surface area contributed by atoms with E-state index in [-0.39, 0.29) is 10.3 Å². The van der Waals surface area contributed by atoms with Crippen LogP contribution in [0.4, 0.5) is 4.39 Å². The Labute approximate surface area is 180 Å². The number of aromatic nitrogens is 3. The Morgan fingerprint density at radius 3 is 2.39 bits per heavy atom. The molecule has 1 saturated heterocycles. The summed E-state index contributed by atoms with van der Waals surface area (Å²) < 4.78 is 46.3. The van der Waals surface area contributed by atoms with Gasteiger partial charge in [-0.2, -0.15) is 9.29 Å². The van der Waals surface area contributed by atoms with Gasteiger partial charge in [0.2, 0.25) is 10.0 Å². The summed E-state index contributed by atoms with van der Waals surface area (Å²) in [5, 5.41) is 4.31. The van der Waals surface area contributed by atoms with Crippen molar-refractivity contribution in [3.63, 3.8) is 0 Å². The summed E-state index contributed by atoms with van der Waals surface area (Å²) in [5.41, 5.74) is 0.511. The average molecular weight is 443 g/mol. The van der Waals surface area contributed by atoms with Gasteiger partial charge in [-0.05, 0) is 61.6 Å². The molecule has 0 atom stereocenters. The van der Waals surface area contributed by atoms with Gasteiger partial charge in [0, 0.05) is 36.5 Å². The van der Waals surface area contributed by atoms with E-state index >= 15 is 0 Å². The number of hydrogen-bond acceptors (Lipinski definition) is 6. The smallest absolute Gasteiger partial charge is 0.258 e. The van der Waals surface area contributed by atoms with Gasteiger partial charge in [0.1, 0.15) is 5.82 Å². The summed E-state index contributed by atoms with van der Waals surface area (Å²) in [6, 6.07) is 8.63. The number of nitrogens with zero attached hydrogens (tertiary/aromatic N) is 4. The fourth-order valence-corrected chi connectivity index (χ4v) is 5.80. The molecule has 0 unspecified atom stereocenters. The number of piperidine rings is 1. The van der Waals surface area contributed by atoms with Gasteiger partial charge < -0.3 is 4.52 Å². The lowest BCUT2D eigenvalue weighted by Crippen LogP contribution is -2.45. The molecule has 3 heterocycles. The Morgan fingerprint density at radius 2 is 1.74 bits per heavy atom. The van der Waals surface area contributed by atoms with E-state index < -0.39 is 15.8 Å². The molecule has 3 aromatic rings. The highest BCUT2D eigenvalue weighted by Gasteiger charge is 2.46. The van der Waals surface area contributed by atoms with Crippen molar-refractivity contribution >= 4 is 10.0 Å². The topological polar surface area (TPSA) is 89.2 Å². The van der Waals surface area contributed by atoms with Crippen LogP contribution >= 0.6 is 0 Å². The van der Waals surface area contributed by atoms with Gasteiger partial charge in [0.15, 0.2) is 5.82 Å². The van der Waals surface area contributed by atoms with Crippen molar-refractivity contribution in [3.05, 3.63) is 60.4 Å². The first-order valence-electron chi connectivity index (χ1n) is 10.5. The molecule has 1 aromatic carbocycles. The maximum atomic E-state index is 13.2. The van der Waals surface area contributed by atoms with E-state index in [0.717, 1.165) is 12.0 Å². The zero-order chi connectivity index (χ0) is 21.5. The molecule has 0 bridgehead atoms. The molecule has 31 heavy (non-hydrogen) atoms. The highest BCUT2D eigenvalue weighted by atomic mass is 32.2. The second-order valence-electron chi connectivity index (χ2n) is 8.44. The van der Waals surface area contributed by atoms with Crippen LogP contribution in [0.5, 0.6) is 0 Å². The van der Waals surface area contributed by atoms with Crippen LogP contribution in [0, 0.1) is 11.7 Å². The van der Waals surface area contributed by atoms with Gasteiger partial charge in [0.05, 0.1) is 4.90 Å². The van der Waals surface area contributed by atoms with Crippen LogP contribution in [0.2, 0.25) is 0 Å². The van der Waals surface area contributed by atoms with Crippen molar-refractivity contribution in [1.82, 2.24) is 19.4 Å². The minimum atomic E-state index is -3.67. The molecular weight excluding hydrogens is 419 g/mol. The number of halogens is 1. The van der Waals surface area contributed by atoms with Crippen LogP contribution in [0.25, 0.3) is 11.5 Å². The quantitative estimate of drug-likeness (QED) is 0.577. The Hall–Kier alpha value is -2.65. The van der Waals surface area contributed by atoms with Crippen LogP contribution in [0.3, 0.4) is 0 Å². The Balaban J connectivity index is 1.39. The molecule has 2 aliphatic rings. The van der Waals surface area contributed by atoms with Gasteiger partial charge >= 0.3 is 0 Å². The molecule has 0 spiro atoms. The average Bonchev–Trinajstić information content (AvgIpc) is 3.45. The van der Waals surface area contributed by atoms with Crippen molar-refractivity contribution in [2.24, 2.45) is 5.92 Å². The van der Waals surface area contributed by atoms with Crippen molar-refractivity contribution in [2.45, 2.75) is 42.4 Å². The highest BCUT2D eigenvalue weighted by Crippen LogP contribution is 2.47. The van der Waals surface area contributed by atoms with Crippen LogP contribution in [0.15, 0.2) is 58.2 Å². The molecule has 2 fully saturated rings. The van der Waals surface area contributed by atoms with Gasteiger partial charge in [-0.15, -0.1) is 0 Å². The van der Waals surface area contributed by atoms with Crippen LogP contribution < -0.4 is 0 Å². The minimum Gasteiger partial charge on any atom is -0.334 e. The lowest BCUT2D eigenvalue weighted by Gasteiger charge is -2.39. The summed E-state index contributed by atoms with van der Waals surface area (Å²) in [7, 11) is -3.67. The summed E-state index contributed by atoms with van der Waals surface area (Å²) in [6.07, 6.45) is 7.92. The SMILES string of the molecule is O=S(=O)(c1ccc(F)cc1)N1CCC(CC2CC2)(c2noc(-c3ccncc3)n2)CC1. The summed E-state index contributed by atoms with van der Waals surface area (Å²) >= 11 is 0. The van der Waals surface area contributed by atoms with Crippen molar-refractivity contribution in [1.29, 1.82) is 0 Å². The largest absolute Gasteiger partial charge is 0.334 e. The second kappa shape index (κ2) is 7.80. The maximum absolute atomic E-state index is 13.2. The third-order valence-electron chi connectivity index (χ3n) is 6.33. The first-order chi connectivity index (χ1) is 15.0. The minimum absolute atomic E-state index is 0.114. The molecule has 0 N–H and O–H groups in total. The van der Waals surface area contributed by atoms with Crippen molar-refractivity contribution < 1.29 is 17.3 Å². The van der Waals surface area contributed by atoms with E-state index in [1.54, 1.807) is 12.4 Å². The molecule has 2 aromatic heterocycles. The van der Waals surface area contributed by atoms with Gasteiger partial charge in [-0.1, -0.05) is 18.0 Å². The van der Waals surface area contributed by atoms with E-state index in [1.807, 2.05) is 12.1 Å². The van der Waals surface area contributed by atoms with Crippen molar-refractivity contribution in [3.8, 4) is 11.5 Å². The summed E-state index contributed by atoms with van der Waals surface area (Å²) in [6.45, 7) is 0.733. The van der Waals surface area contributed by atoms with Crippen LogP contribution in [-0.2, 0) is 15.4 Å². The Morgan fingerprint density at radius 1 is 1.06 bits per heavy atom. The molecular formula is C22H23FN4O3S. The van der Waals surface area contributed by atoms with E-state index in [4.69, 9.17) is 9.51 Å². The zero-order valence-electron chi connectivity index (χ0n) is 16.9.